The van der Waals surface area contributed by atoms with Gasteiger partial charge in [-0.3, -0.25) is 43.2 Å². The number of carbonyl (C=O) groups is 9. The van der Waals surface area contributed by atoms with Gasteiger partial charge in [0.2, 0.25) is 53.2 Å². The minimum absolute atomic E-state index is 0.0371. The molecule has 3 aromatic rings. The number of nitrogens with two attached hydrogens (primary N) is 2. The van der Waals surface area contributed by atoms with Crippen LogP contribution >= 0.6 is 11.8 Å². The smallest absolute Gasteiger partial charge is 0.243 e. The summed E-state index contributed by atoms with van der Waals surface area (Å²) < 4.78 is 0. The molecule has 22 nitrogen and oxygen atoms in total. The average Bonchev–Trinajstić information content (AvgIpc) is 3.95. The summed E-state index contributed by atoms with van der Waals surface area (Å²) in [5, 5.41) is 22.1. The Bertz CT molecular complexity index is 2160. The molecule has 0 radical (unpaired) electrons. The van der Waals surface area contributed by atoms with E-state index < -0.39 is 108 Å². The fourth-order valence-electron chi connectivity index (χ4n) is 7.00. The van der Waals surface area contributed by atoms with Gasteiger partial charge in [-0.25, -0.2) is 4.98 Å². The molecule has 67 heavy (non-hydrogen) atoms. The van der Waals surface area contributed by atoms with Crippen molar-refractivity contribution >= 4 is 75.8 Å². The van der Waals surface area contributed by atoms with Crippen LogP contribution in [-0.2, 0) is 56.0 Å². The minimum Gasteiger partial charge on any atom is -0.370 e. The maximum absolute atomic E-state index is 13.8. The first-order chi connectivity index (χ1) is 31.7. The molecule has 7 atom stereocenters. The quantitative estimate of drug-likeness (QED) is 0.0379. The molecule has 0 aliphatic heterocycles. The molecule has 0 aliphatic carbocycles. The summed E-state index contributed by atoms with van der Waals surface area (Å²) in [6, 6.07) is -0.286. The van der Waals surface area contributed by atoms with Gasteiger partial charge in [-0.05, 0) is 68.7 Å². The maximum Gasteiger partial charge on any atom is 0.243 e. The number of benzene rings is 1. The minimum atomic E-state index is -1.25. The van der Waals surface area contributed by atoms with E-state index in [9.17, 15) is 43.2 Å². The fraction of sp³-hybridized carbons (Fsp3) is 0.545. The molecule has 0 unspecified atom stereocenters. The molecule has 14 N–H and O–H groups in total. The van der Waals surface area contributed by atoms with Gasteiger partial charge >= 0.3 is 0 Å². The van der Waals surface area contributed by atoms with Gasteiger partial charge in [-0.15, -0.1) is 0 Å². The molecule has 2 aromatic heterocycles. The van der Waals surface area contributed by atoms with E-state index in [4.69, 9.17) is 11.5 Å². The average molecular weight is 954 g/mol. The lowest BCUT2D eigenvalue weighted by Crippen LogP contribution is -2.59. The monoisotopic (exact) mass is 953 g/mol. The van der Waals surface area contributed by atoms with Crippen molar-refractivity contribution in [2.75, 3.05) is 25.6 Å². The number of likely N-dealkylation sites (N-methyl/N-ethyl adjacent to an activating group) is 1. The van der Waals surface area contributed by atoms with Crippen molar-refractivity contribution < 1.29 is 43.2 Å². The fourth-order valence-corrected chi connectivity index (χ4v) is 7.48. The highest BCUT2D eigenvalue weighted by Gasteiger charge is 2.33. The highest BCUT2D eigenvalue weighted by molar-refractivity contribution is 7.98. The number of carbonyl (C=O) groups excluding carboxylic acids is 9. The summed E-state index contributed by atoms with van der Waals surface area (Å²) in [6.45, 7) is 7.84. The number of nitrogens with one attached hydrogen (secondary N) is 10. The molecule has 0 spiro atoms. The van der Waals surface area contributed by atoms with Crippen molar-refractivity contribution in [1.29, 1.82) is 0 Å². The summed E-state index contributed by atoms with van der Waals surface area (Å²) >= 11 is 1.48. The Balaban J connectivity index is 1.69. The molecule has 1 aromatic carbocycles. The van der Waals surface area contributed by atoms with E-state index in [1.54, 1.807) is 20.0 Å². The number of primary amides is 2. The highest BCUT2D eigenvalue weighted by Crippen LogP contribution is 2.20. The number of aromatic amines is 2. The summed E-state index contributed by atoms with van der Waals surface area (Å²) in [5.41, 5.74) is 12.8. The van der Waals surface area contributed by atoms with Gasteiger partial charge < -0.3 is 64.0 Å². The third-order valence-electron chi connectivity index (χ3n) is 10.7. The summed E-state index contributed by atoms with van der Waals surface area (Å²) in [7, 11) is 1.53. The van der Waals surface area contributed by atoms with E-state index in [0.717, 1.165) is 16.5 Å². The summed E-state index contributed by atoms with van der Waals surface area (Å²) in [5.74, 6) is -6.14. The molecule has 368 valence electrons. The third-order valence-corrected chi connectivity index (χ3v) is 11.4. The molecule has 0 saturated heterocycles. The van der Waals surface area contributed by atoms with Crippen LogP contribution < -0.4 is 54.0 Å². The predicted molar refractivity (Wildman–Crippen MR) is 252 cm³/mol. The number of hydrogen-bond acceptors (Lipinski definition) is 12. The van der Waals surface area contributed by atoms with Crippen molar-refractivity contribution in [2.24, 2.45) is 23.3 Å². The number of amides is 9. The van der Waals surface area contributed by atoms with Gasteiger partial charge in [0, 0.05) is 48.3 Å². The Hall–Kier alpha value is -6.49. The Labute approximate surface area is 394 Å². The number of rotatable bonds is 29. The van der Waals surface area contributed by atoms with Crippen LogP contribution in [0.25, 0.3) is 10.9 Å². The number of para-hydroxylation sites is 1. The maximum atomic E-state index is 13.8. The predicted octanol–water partition coefficient (Wildman–Crippen LogP) is -1.48. The molecule has 9 amide bonds. The van der Waals surface area contributed by atoms with Crippen LogP contribution in [0.15, 0.2) is 43.0 Å². The molecule has 0 saturated carbocycles. The van der Waals surface area contributed by atoms with Gasteiger partial charge in [-0.1, -0.05) is 45.9 Å². The first-order valence-electron chi connectivity index (χ1n) is 22.1. The van der Waals surface area contributed by atoms with Crippen molar-refractivity contribution in [3.8, 4) is 0 Å². The molecule has 0 bridgehead atoms. The van der Waals surface area contributed by atoms with E-state index in [2.05, 4.69) is 57.5 Å². The van der Waals surface area contributed by atoms with Gasteiger partial charge in [0.15, 0.2) is 0 Å². The number of H-pyrrole nitrogens is 2. The van der Waals surface area contributed by atoms with Crippen LogP contribution in [0, 0.1) is 11.8 Å². The second-order valence-electron chi connectivity index (χ2n) is 17.0. The topological polar surface area (TPSA) is 346 Å². The molecule has 2 heterocycles. The van der Waals surface area contributed by atoms with Gasteiger partial charge in [0.25, 0.3) is 0 Å². The van der Waals surface area contributed by atoms with Crippen molar-refractivity contribution in [3.63, 3.8) is 0 Å². The van der Waals surface area contributed by atoms with E-state index in [1.807, 2.05) is 44.4 Å². The van der Waals surface area contributed by atoms with Gasteiger partial charge in [0.1, 0.15) is 36.3 Å². The third kappa shape index (κ3) is 18.0. The van der Waals surface area contributed by atoms with Crippen LogP contribution in [0.3, 0.4) is 0 Å². The summed E-state index contributed by atoms with van der Waals surface area (Å²) in [6.07, 6.45) is 6.90. The zero-order chi connectivity index (χ0) is 49.8. The largest absolute Gasteiger partial charge is 0.370 e. The second-order valence-corrected chi connectivity index (χ2v) is 18.0. The number of aromatic nitrogens is 3. The molecule has 3 rings (SSSR count). The normalized spacial score (nSPS) is 14.4. The van der Waals surface area contributed by atoms with Crippen molar-refractivity contribution in [2.45, 2.75) is 115 Å². The van der Waals surface area contributed by atoms with E-state index in [0.29, 0.717) is 17.9 Å². The lowest BCUT2D eigenvalue weighted by atomic mass is 10.0. The Kier molecular flexibility index (Phi) is 22.3. The van der Waals surface area contributed by atoms with Gasteiger partial charge in [-0.2, -0.15) is 11.8 Å². The molecule has 0 fully saturated rings. The van der Waals surface area contributed by atoms with Gasteiger partial charge in [0.05, 0.1) is 18.9 Å². The van der Waals surface area contributed by atoms with Crippen LogP contribution in [0.2, 0.25) is 0 Å². The number of nitrogens with zero attached hydrogens (tertiary/aromatic N) is 1. The Morgan fingerprint density at radius 1 is 0.701 bits per heavy atom. The van der Waals surface area contributed by atoms with E-state index in [1.165, 1.54) is 38.3 Å². The Morgan fingerprint density at radius 3 is 1.94 bits per heavy atom. The van der Waals surface area contributed by atoms with E-state index >= 15 is 0 Å². The molecule has 0 aliphatic rings. The van der Waals surface area contributed by atoms with E-state index in [-0.39, 0.29) is 38.0 Å². The lowest BCUT2D eigenvalue weighted by molar-refractivity contribution is -0.135. The zero-order valence-electron chi connectivity index (χ0n) is 39.1. The number of fused-ring (bicyclic) bond motifs is 1. The number of hydrogen-bond donors (Lipinski definition) is 12. The first kappa shape index (κ1) is 54.8. The second kappa shape index (κ2) is 27.2. The van der Waals surface area contributed by atoms with Crippen molar-refractivity contribution in [3.05, 3.63) is 54.2 Å². The molecular weight excluding hydrogens is 887 g/mol. The number of thioether (sulfide) groups is 1. The summed E-state index contributed by atoms with van der Waals surface area (Å²) in [4.78, 5) is 128. The van der Waals surface area contributed by atoms with Crippen LogP contribution in [0.1, 0.15) is 71.6 Å². The lowest BCUT2D eigenvalue weighted by Gasteiger charge is -2.26. The van der Waals surface area contributed by atoms with Crippen molar-refractivity contribution in [1.82, 2.24) is 57.5 Å². The standard InChI is InChI=1S/C44H67N13O9S/c1-23(2)16-32(42(64)54-30(38(46)60)14-15-67-7)55-43(65)34(18-27-20-48-22-51-27)53-36(59)21-50-44(66)37(24(3)4)57-39(61)25(5)52-41(63)33(56-40(62)31(47-6)12-13-35(45)58)17-26-19-49-29-11-9-8-10-28(26)29/h8-11,19-20,22-25,30-34,37,47,49H,12-18,21H2,1-7H3,(H2,45,58)(H2,46,60)(H,48,51)(H,50,66)(H,52,63)(H,53,59)(H,54,64)(H,55,65)(H,56,62)(H,57,61)/t25-,30-,31-,32-,33-,34-,37-/m0/s1. The SMILES string of the molecule is CN[C@@H](CCC(N)=O)C(=O)N[C@@H](Cc1c[nH]c2ccccc12)C(=O)N[C@@H](C)C(=O)N[C@H](C(=O)NCC(=O)N[C@@H](Cc1cnc[nH]1)C(=O)N[C@@H](CC(C)C)C(=O)N[C@@H](CCSC)C(N)=O)C(C)C. The zero-order valence-corrected chi connectivity index (χ0v) is 39.9. The van der Waals surface area contributed by atoms with Crippen LogP contribution in [0.4, 0.5) is 0 Å². The highest BCUT2D eigenvalue weighted by atomic mass is 32.2. The molecular formula is C44H67N13O9S. The number of imidazole rings is 1. The Morgan fingerprint density at radius 2 is 1.33 bits per heavy atom. The first-order valence-corrected chi connectivity index (χ1v) is 23.5. The van der Waals surface area contributed by atoms with Crippen LogP contribution in [-0.4, -0.2) is 136 Å². The van der Waals surface area contributed by atoms with Crippen LogP contribution in [0.5, 0.6) is 0 Å². The molecule has 23 heteroatoms.